The number of hydrogen-bond donors (Lipinski definition) is 1. The number of hydrogen-bond acceptors (Lipinski definition) is 2. The molecule has 1 aromatic carbocycles. The van der Waals surface area contributed by atoms with Crippen molar-refractivity contribution in [1.29, 1.82) is 0 Å². The Balaban J connectivity index is 3.00. The van der Waals surface area contributed by atoms with Crippen LogP contribution in [0.1, 0.15) is 26.3 Å². The lowest BCUT2D eigenvalue weighted by Gasteiger charge is -2.11. The van der Waals surface area contributed by atoms with Gasteiger partial charge < -0.3 is 9.84 Å². The number of rotatable bonds is 3. The van der Waals surface area contributed by atoms with Crippen LogP contribution in [0.2, 0.25) is 0 Å². The minimum absolute atomic E-state index is 0.137. The molecule has 0 fully saturated rings. The third-order valence-corrected chi connectivity index (χ3v) is 1.80. The molecule has 0 aliphatic rings. The average molecular weight is 192 g/mol. The zero-order chi connectivity index (χ0) is 10.7. The third kappa shape index (κ3) is 2.52. The van der Waals surface area contributed by atoms with Crippen molar-refractivity contribution in [2.45, 2.75) is 26.9 Å². The molecule has 0 atom stereocenters. The van der Waals surface area contributed by atoms with E-state index in [-0.39, 0.29) is 11.9 Å². The van der Waals surface area contributed by atoms with Gasteiger partial charge in [0.15, 0.2) is 0 Å². The lowest BCUT2D eigenvalue weighted by molar-refractivity contribution is 0.242. The highest BCUT2D eigenvalue weighted by Gasteiger charge is 2.04. The second kappa shape index (κ2) is 4.18. The summed E-state index contributed by atoms with van der Waals surface area (Å²) >= 11 is 0. The van der Waals surface area contributed by atoms with Crippen LogP contribution in [0.15, 0.2) is 24.8 Å². The number of benzene rings is 1. The first kappa shape index (κ1) is 10.6. The highest BCUT2D eigenvalue weighted by Crippen LogP contribution is 2.28. The molecular formula is C12H16O2. The van der Waals surface area contributed by atoms with Crippen molar-refractivity contribution < 1.29 is 9.84 Å². The van der Waals surface area contributed by atoms with E-state index in [1.165, 1.54) is 0 Å². The van der Waals surface area contributed by atoms with Crippen LogP contribution in [0.3, 0.4) is 0 Å². The molecule has 1 aromatic rings. The number of allylic oxidation sites excluding steroid dienone is 1. The molecule has 14 heavy (non-hydrogen) atoms. The van der Waals surface area contributed by atoms with Crippen LogP contribution in [0.5, 0.6) is 11.5 Å². The van der Waals surface area contributed by atoms with Gasteiger partial charge in [0.2, 0.25) is 0 Å². The summed E-state index contributed by atoms with van der Waals surface area (Å²) in [4.78, 5) is 0. The predicted molar refractivity (Wildman–Crippen MR) is 58.6 cm³/mol. The molecule has 0 saturated heterocycles. The number of ether oxygens (including phenoxy) is 1. The Bertz CT molecular complexity index is 340. The molecule has 0 unspecified atom stereocenters. The largest absolute Gasteiger partial charge is 0.507 e. The first-order valence-electron chi connectivity index (χ1n) is 4.66. The maximum Gasteiger partial charge on any atom is 0.123 e. The van der Waals surface area contributed by atoms with Crippen molar-refractivity contribution in [1.82, 2.24) is 0 Å². The highest BCUT2D eigenvalue weighted by atomic mass is 16.5. The van der Waals surface area contributed by atoms with Gasteiger partial charge >= 0.3 is 0 Å². The van der Waals surface area contributed by atoms with Gasteiger partial charge in [-0.1, -0.05) is 6.58 Å². The van der Waals surface area contributed by atoms with Gasteiger partial charge in [-0.05, 0) is 44.5 Å². The Morgan fingerprint density at radius 2 is 2.07 bits per heavy atom. The van der Waals surface area contributed by atoms with Gasteiger partial charge in [-0.2, -0.15) is 0 Å². The van der Waals surface area contributed by atoms with E-state index < -0.39 is 0 Å². The van der Waals surface area contributed by atoms with E-state index in [1.807, 2.05) is 20.8 Å². The van der Waals surface area contributed by atoms with Crippen LogP contribution in [0, 0.1) is 0 Å². The Labute approximate surface area is 84.8 Å². The SMILES string of the molecule is C=C(C)c1cc(OC(C)C)ccc1O. The molecule has 1 N–H and O–H groups in total. The number of phenols is 1. The molecule has 0 radical (unpaired) electrons. The summed E-state index contributed by atoms with van der Waals surface area (Å²) in [5.41, 5.74) is 1.57. The standard InChI is InChI=1S/C12H16O2/c1-8(2)11-7-10(14-9(3)4)5-6-12(11)13/h5-7,9,13H,1H2,2-4H3. The van der Waals surface area contributed by atoms with Crippen molar-refractivity contribution in [3.63, 3.8) is 0 Å². The van der Waals surface area contributed by atoms with E-state index in [0.29, 0.717) is 0 Å². The van der Waals surface area contributed by atoms with E-state index >= 15 is 0 Å². The van der Waals surface area contributed by atoms with E-state index in [2.05, 4.69) is 6.58 Å². The molecule has 0 spiro atoms. The predicted octanol–water partition coefficient (Wildman–Crippen LogP) is 3.21. The molecule has 76 valence electrons. The van der Waals surface area contributed by atoms with Crippen LogP contribution >= 0.6 is 0 Å². The first-order valence-corrected chi connectivity index (χ1v) is 4.66. The van der Waals surface area contributed by atoms with Gasteiger partial charge in [-0.3, -0.25) is 0 Å². The summed E-state index contributed by atoms with van der Waals surface area (Å²) in [5.74, 6) is 1.00. The molecule has 0 aromatic heterocycles. The van der Waals surface area contributed by atoms with Gasteiger partial charge in [0.05, 0.1) is 6.10 Å². The molecular weight excluding hydrogens is 176 g/mol. The molecule has 0 aliphatic heterocycles. The van der Waals surface area contributed by atoms with Crippen molar-refractivity contribution in [3.05, 3.63) is 30.3 Å². The Kier molecular flexibility index (Phi) is 3.18. The Morgan fingerprint density at radius 3 is 2.57 bits per heavy atom. The fourth-order valence-electron chi connectivity index (χ4n) is 1.20. The normalized spacial score (nSPS) is 10.3. The summed E-state index contributed by atoms with van der Waals surface area (Å²) in [5, 5.41) is 9.52. The third-order valence-electron chi connectivity index (χ3n) is 1.80. The van der Waals surface area contributed by atoms with Gasteiger partial charge in [-0.15, -0.1) is 0 Å². The summed E-state index contributed by atoms with van der Waals surface area (Å²) < 4.78 is 5.51. The molecule has 0 heterocycles. The van der Waals surface area contributed by atoms with Crippen molar-refractivity contribution in [2.24, 2.45) is 0 Å². The molecule has 2 heteroatoms. The summed E-state index contributed by atoms with van der Waals surface area (Å²) in [6.45, 7) is 9.58. The van der Waals surface area contributed by atoms with Gasteiger partial charge in [-0.25, -0.2) is 0 Å². The topological polar surface area (TPSA) is 29.5 Å². The number of phenolic OH excluding ortho intramolecular Hbond substituents is 1. The first-order chi connectivity index (χ1) is 6.50. The molecule has 0 bridgehead atoms. The molecule has 2 nitrogen and oxygen atoms in total. The zero-order valence-corrected chi connectivity index (χ0v) is 8.87. The Morgan fingerprint density at radius 1 is 1.43 bits per heavy atom. The van der Waals surface area contributed by atoms with Gasteiger partial charge in [0.1, 0.15) is 11.5 Å². The van der Waals surface area contributed by atoms with E-state index in [0.717, 1.165) is 16.9 Å². The van der Waals surface area contributed by atoms with Crippen LogP contribution < -0.4 is 4.74 Å². The lowest BCUT2D eigenvalue weighted by atomic mass is 10.1. The monoisotopic (exact) mass is 192 g/mol. The second-order valence-electron chi connectivity index (χ2n) is 3.63. The molecule has 1 rings (SSSR count). The fraction of sp³-hybridized carbons (Fsp3) is 0.333. The van der Waals surface area contributed by atoms with Crippen LogP contribution in [-0.2, 0) is 0 Å². The minimum atomic E-state index is 0.137. The van der Waals surface area contributed by atoms with E-state index in [9.17, 15) is 5.11 Å². The maximum absolute atomic E-state index is 9.52. The van der Waals surface area contributed by atoms with Crippen LogP contribution in [0.4, 0.5) is 0 Å². The van der Waals surface area contributed by atoms with Gasteiger partial charge in [0, 0.05) is 5.56 Å². The maximum atomic E-state index is 9.52. The van der Waals surface area contributed by atoms with Gasteiger partial charge in [0.25, 0.3) is 0 Å². The van der Waals surface area contributed by atoms with E-state index in [4.69, 9.17) is 4.74 Å². The number of aromatic hydroxyl groups is 1. The summed E-state index contributed by atoms with van der Waals surface area (Å²) in [7, 11) is 0. The highest BCUT2D eigenvalue weighted by molar-refractivity contribution is 5.68. The fourth-order valence-corrected chi connectivity index (χ4v) is 1.20. The van der Waals surface area contributed by atoms with Crippen molar-refractivity contribution in [2.75, 3.05) is 0 Å². The van der Waals surface area contributed by atoms with Crippen molar-refractivity contribution >= 4 is 5.57 Å². The van der Waals surface area contributed by atoms with Crippen LogP contribution in [0.25, 0.3) is 5.57 Å². The zero-order valence-electron chi connectivity index (χ0n) is 8.87. The Hall–Kier alpha value is -1.44. The second-order valence-corrected chi connectivity index (χ2v) is 3.63. The quantitative estimate of drug-likeness (QED) is 0.796. The van der Waals surface area contributed by atoms with E-state index in [1.54, 1.807) is 18.2 Å². The minimum Gasteiger partial charge on any atom is -0.507 e. The molecule has 0 amide bonds. The molecule has 0 saturated carbocycles. The summed E-state index contributed by atoms with van der Waals surface area (Å²) in [6, 6.07) is 5.18. The summed E-state index contributed by atoms with van der Waals surface area (Å²) in [6.07, 6.45) is 0.137. The smallest absolute Gasteiger partial charge is 0.123 e. The van der Waals surface area contributed by atoms with Crippen LogP contribution in [-0.4, -0.2) is 11.2 Å². The lowest BCUT2D eigenvalue weighted by Crippen LogP contribution is -2.05. The molecule has 0 aliphatic carbocycles. The average Bonchev–Trinajstić information content (AvgIpc) is 2.07. The van der Waals surface area contributed by atoms with Crippen molar-refractivity contribution in [3.8, 4) is 11.5 Å².